The maximum atomic E-state index is 11.1. The monoisotopic (exact) mass is 211 g/mol. The molecule has 15 heavy (non-hydrogen) atoms. The minimum Gasteiger partial charge on any atom is -0.468 e. The molecule has 0 saturated carbocycles. The molecule has 5 nitrogen and oxygen atoms in total. The van der Waals surface area contributed by atoms with E-state index in [2.05, 4.69) is 15.8 Å². The predicted octanol–water partition coefficient (Wildman–Crippen LogP) is 1.25. The van der Waals surface area contributed by atoms with Gasteiger partial charge in [-0.05, 0) is 6.42 Å². The van der Waals surface area contributed by atoms with Crippen LogP contribution in [0.2, 0.25) is 0 Å². The van der Waals surface area contributed by atoms with Crippen LogP contribution in [0.3, 0.4) is 0 Å². The van der Waals surface area contributed by atoms with Crippen LogP contribution in [-0.4, -0.2) is 37.2 Å². The van der Waals surface area contributed by atoms with Crippen molar-refractivity contribution in [3.8, 4) is 12.3 Å². The number of methoxy groups -OCH3 is 1. The SMILES string of the molecule is C#CCN(CC(=O)OC)C(CCC)N=N. The summed E-state index contributed by atoms with van der Waals surface area (Å²) in [5.41, 5.74) is 7.04. The van der Waals surface area contributed by atoms with E-state index >= 15 is 0 Å². The van der Waals surface area contributed by atoms with Crippen LogP contribution in [0.15, 0.2) is 5.11 Å². The lowest BCUT2D eigenvalue weighted by atomic mass is 10.2. The highest BCUT2D eigenvalue weighted by Gasteiger charge is 2.19. The first kappa shape index (κ1) is 13.6. The van der Waals surface area contributed by atoms with E-state index in [0.717, 1.165) is 6.42 Å². The summed E-state index contributed by atoms with van der Waals surface area (Å²) in [7, 11) is 1.32. The van der Waals surface area contributed by atoms with Crippen molar-refractivity contribution in [2.45, 2.75) is 25.9 Å². The van der Waals surface area contributed by atoms with E-state index in [1.54, 1.807) is 4.90 Å². The number of hydrogen-bond acceptors (Lipinski definition) is 5. The maximum absolute atomic E-state index is 11.1. The number of carbonyl (C=O) groups excluding carboxylic acids is 1. The number of terminal acetylenes is 1. The van der Waals surface area contributed by atoms with Crippen molar-refractivity contribution < 1.29 is 9.53 Å². The highest BCUT2D eigenvalue weighted by molar-refractivity contribution is 5.71. The van der Waals surface area contributed by atoms with Crippen LogP contribution in [0.4, 0.5) is 0 Å². The average molecular weight is 211 g/mol. The van der Waals surface area contributed by atoms with Gasteiger partial charge in [0.25, 0.3) is 0 Å². The summed E-state index contributed by atoms with van der Waals surface area (Å²) in [5, 5.41) is 3.46. The maximum Gasteiger partial charge on any atom is 0.319 e. The van der Waals surface area contributed by atoms with Gasteiger partial charge < -0.3 is 4.74 Å². The molecule has 1 unspecified atom stereocenters. The van der Waals surface area contributed by atoms with Crippen molar-refractivity contribution in [1.29, 1.82) is 5.53 Å². The Kier molecular flexibility index (Phi) is 7.20. The molecule has 0 bridgehead atoms. The highest BCUT2D eigenvalue weighted by Crippen LogP contribution is 2.08. The Morgan fingerprint density at radius 2 is 2.40 bits per heavy atom. The largest absolute Gasteiger partial charge is 0.468 e. The Balaban J connectivity index is 4.40. The summed E-state index contributed by atoms with van der Waals surface area (Å²) in [6.45, 7) is 2.36. The molecule has 0 heterocycles. The van der Waals surface area contributed by atoms with Crippen molar-refractivity contribution in [3.05, 3.63) is 0 Å². The zero-order chi connectivity index (χ0) is 11.7. The summed E-state index contributed by atoms with van der Waals surface area (Å²) in [6.07, 6.45) is 6.45. The molecule has 0 aromatic carbocycles. The second kappa shape index (κ2) is 7.94. The Bertz CT molecular complexity index is 248. The van der Waals surface area contributed by atoms with E-state index in [1.807, 2.05) is 6.92 Å². The van der Waals surface area contributed by atoms with Crippen LogP contribution in [0.1, 0.15) is 19.8 Å². The van der Waals surface area contributed by atoms with Gasteiger partial charge in [-0.2, -0.15) is 5.11 Å². The number of esters is 1. The molecule has 0 amide bonds. The van der Waals surface area contributed by atoms with Crippen molar-refractivity contribution in [2.24, 2.45) is 5.11 Å². The van der Waals surface area contributed by atoms with Gasteiger partial charge in [-0.3, -0.25) is 9.69 Å². The van der Waals surface area contributed by atoms with Gasteiger partial charge in [-0.25, -0.2) is 5.53 Å². The van der Waals surface area contributed by atoms with Crippen molar-refractivity contribution in [3.63, 3.8) is 0 Å². The Morgan fingerprint density at radius 1 is 1.73 bits per heavy atom. The Morgan fingerprint density at radius 3 is 2.80 bits per heavy atom. The molecule has 0 spiro atoms. The molecule has 0 aromatic heterocycles. The molecule has 0 fully saturated rings. The van der Waals surface area contributed by atoms with Crippen LogP contribution < -0.4 is 0 Å². The van der Waals surface area contributed by atoms with Crippen LogP contribution in [-0.2, 0) is 9.53 Å². The molecule has 0 radical (unpaired) electrons. The minimum atomic E-state index is -0.366. The fraction of sp³-hybridized carbons (Fsp3) is 0.700. The minimum absolute atomic E-state index is 0.0771. The summed E-state index contributed by atoms with van der Waals surface area (Å²) < 4.78 is 4.55. The summed E-state index contributed by atoms with van der Waals surface area (Å²) in [4.78, 5) is 12.7. The first-order valence-electron chi connectivity index (χ1n) is 4.80. The van der Waals surface area contributed by atoms with Gasteiger partial charge in [0.2, 0.25) is 0 Å². The lowest BCUT2D eigenvalue weighted by Crippen LogP contribution is -2.38. The fourth-order valence-electron chi connectivity index (χ4n) is 1.20. The molecule has 0 aromatic rings. The summed E-state index contributed by atoms with van der Waals surface area (Å²) >= 11 is 0. The first-order chi connectivity index (χ1) is 7.19. The zero-order valence-corrected chi connectivity index (χ0v) is 9.19. The predicted molar refractivity (Wildman–Crippen MR) is 56.3 cm³/mol. The third-order valence-corrected chi connectivity index (χ3v) is 1.97. The Hall–Kier alpha value is -1.41. The molecule has 0 rings (SSSR count). The van der Waals surface area contributed by atoms with Gasteiger partial charge in [-0.15, -0.1) is 6.42 Å². The molecular weight excluding hydrogens is 194 g/mol. The first-order valence-corrected chi connectivity index (χ1v) is 4.80. The molecule has 0 aliphatic rings. The van der Waals surface area contributed by atoms with Gasteiger partial charge in [0.15, 0.2) is 0 Å². The fourth-order valence-corrected chi connectivity index (χ4v) is 1.20. The van der Waals surface area contributed by atoms with E-state index in [0.29, 0.717) is 13.0 Å². The third kappa shape index (κ3) is 5.13. The summed E-state index contributed by atoms with van der Waals surface area (Å²) in [6, 6.07) is 0. The molecular formula is C10H17N3O2. The second-order valence-electron chi connectivity index (χ2n) is 3.08. The van der Waals surface area contributed by atoms with Gasteiger partial charge in [0, 0.05) is 0 Å². The normalized spacial score (nSPS) is 11.9. The smallest absolute Gasteiger partial charge is 0.319 e. The number of ether oxygens (including phenoxy) is 1. The van der Waals surface area contributed by atoms with Crippen LogP contribution in [0.25, 0.3) is 0 Å². The highest BCUT2D eigenvalue weighted by atomic mass is 16.5. The molecule has 1 atom stereocenters. The summed E-state index contributed by atoms with van der Waals surface area (Å²) in [5.74, 6) is 2.08. The van der Waals surface area contributed by atoms with E-state index in [9.17, 15) is 4.79 Å². The topological polar surface area (TPSA) is 65.8 Å². The van der Waals surface area contributed by atoms with Crippen LogP contribution in [0.5, 0.6) is 0 Å². The number of nitrogens with one attached hydrogen (secondary N) is 1. The number of hydrogen-bond donors (Lipinski definition) is 1. The van der Waals surface area contributed by atoms with Crippen molar-refractivity contribution in [1.82, 2.24) is 4.90 Å². The van der Waals surface area contributed by atoms with E-state index in [4.69, 9.17) is 12.0 Å². The molecule has 1 N–H and O–H groups in total. The van der Waals surface area contributed by atoms with Gasteiger partial charge in [-0.1, -0.05) is 19.3 Å². The number of nitrogens with zero attached hydrogens (tertiary/aromatic N) is 2. The molecule has 0 aliphatic heterocycles. The number of rotatable bonds is 7. The molecule has 5 heteroatoms. The van der Waals surface area contributed by atoms with Crippen LogP contribution in [0, 0.1) is 17.9 Å². The lowest BCUT2D eigenvalue weighted by molar-refractivity contribution is -0.142. The van der Waals surface area contributed by atoms with Gasteiger partial charge in [0.1, 0.15) is 6.17 Å². The lowest BCUT2D eigenvalue weighted by Gasteiger charge is -2.24. The zero-order valence-electron chi connectivity index (χ0n) is 9.19. The second-order valence-corrected chi connectivity index (χ2v) is 3.08. The number of carbonyl (C=O) groups is 1. The van der Waals surface area contributed by atoms with Crippen LogP contribution >= 0.6 is 0 Å². The van der Waals surface area contributed by atoms with Gasteiger partial charge in [0.05, 0.1) is 20.2 Å². The van der Waals surface area contributed by atoms with E-state index in [1.165, 1.54) is 7.11 Å². The average Bonchev–Trinajstić information content (AvgIpc) is 2.25. The van der Waals surface area contributed by atoms with Crippen molar-refractivity contribution >= 4 is 5.97 Å². The van der Waals surface area contributed by atoms with Crippen molar-refractivity contribution in [2.75, 3.05) is 20.2 Å². The quantitative estimate of drug-likeness (QED) is 0.391. The standard InChI is InChI=1S/C10H17N3O2/c1-4-6-9(12-11)13(7-5-2)8-10(14)15-3/h2,9,11H,4,6-8H2,1,3H3. The van der Waals surface area contributed by atoms with E-state index in [-0.39, 0.29) is 18.7 Å². The van der Waals surface area contributed by atoms with E-state index < -0.39 is 0 Å². The van der Waals surface area contributed by atoms with Gasteiger partial charge >= 0.3 is 5.97 Å². The Labute approximate surface area is 90.3 Å². The molecule has 0 aliphatic carbocycles. The molecule has 0 saturated heterocycles. The third-order valence-electron chi connectivity index (χ3n) is 1.97. The molecule has 84 valence electrons.